The van der Waals surface area contributed by atoms with Crippen LogP contribution in [0, 0.1) is 5.92 Å². The second-order valence-corrected chi connectivity index (χ2v) is 2.29. The predicted octanol–water partition coefficient (Wildman–Crippen LogP) is 0.616. The van der Waals surface area contributed by atoms with E-state index in [9.17, 15) is 0 Å². The number of nitrogens with two attached hydrogens (primary N) is 1. The van der Waals surface area contributed by atoms with E-state index in [1.807, 2.05) is 6.92 Å². The number of ether oxygens (including phenoxy) is 1. The lowest BCUT2D eigenvalue weighted by Crippen LogP contribution is -2.27. The van der Waals surface area contributed by atoms with Crippen molar-refractivity contribution in [1.82, 2.24) is 0 Å². The molecule has 0 radical (unpaired) electrons. The molecule has 50 valence electrons. The number of methoxy groups -OCH3 is 1. The Bertz CT molecular complexity index is 54.5. The monoisotopic (exact) mass is 117 g/mol. The molecule has 2 nitrogen and oxygen atoms in total. The van der Waals surface area contributed by atoms with Crippen LogP contribution in [-0.2, 0) is 4.74 Å². The number of hydrogen-bond acceptors (Lipinski definition) is 2. The molecule has 0 aliphatic carbocycles. The average Bonchev–Trinajstić information content (AvgIpc) is 1.67. The average molecular weight is 117 g/mol. The quantitative estimate of drug-likeness (QED) is 0.588. The lowest BCUT2D eigenvalue weighted by molar-refractivity contribution is 0.150. The van der Waals surface area contributed by atoms with Gasteiger partial charge in [-0.3, -0.25) is 0 Å². The molecule has 0 rings (SSSR count). The SMILES string of the molecule is COC[C@H](C)[C@@H](C)N. The third kappa shape index (κ3) is 2.99. The summed E-state index contributed by atoms with van der Waals surface area (Å²) in [5.74, 6) is 0.472. The number of rotatable bonds is 3. The highest BCUT2D eigenvalue weighted by Crippen LogP contribution is 1.97. The summed E-state index contributed by atoms with van der Waals surface area (Å²) in [6.45, 7) is 4.83. The Kier molecular flexibility index (Phi) is 3.83. The first-order chi connectivity index (χ1) is 3.68. The van der Waals surface area contributed by atoms with E-state index in [-0.39, 0.29) is 6.04 Å². The van der Waals surface area contributed by atoms with Crippen LogP contribution < -0.4 is 5.73 Å². The van der Waals surface area contributed by atoms with Crippen LogP contribution in [0.5, 0.6) is 0 Å². The third-order valence-corrected chi connectivity index (χ3v) is 1.33. The molecule has 2 atom stereocenters. The molecule has 0 aromatic rings. The summed E-state index contributed by atoms with van der Waals surface area (Å²) in [6.07, 6.45) is 0. The van der Waals surface area contributed by atoms with Crippen molar-refractivity contribution in [3.05, 3.63) is 0 Å². The maximum Gasteiger partial charge on any atom is 0.0502 e. The van der Waals surface area contributed by atoms with Crippen molar-refractivity contribution in [2.75, 3.05) is 13.7 Å². The minimum Gasteiger partial charge on any atom is -0.384 e. The fourth-order valence-electron chi connectivity index (χ4n) is 0.415. The van der Waals surface area contributed by atoms with Crippen LogP contribution in [0.25, 0.3) is 0 Å². The van der Waals surface area contributed by atoms with E-state index < -0.39 is 0 Å². The second kappa shape index (κ2) is 3.87. The van der Waals surface area contributed by atoms with Crippen molar-refractivity contribution in [3.63, 3.8) is 0 Å². The summed E-state index contributed by atoms with van der Waals surface area (Å²) < 4.78 is 4.88. The van der Waals surface area contributed by atoms with Gasteiger partial charge in [0.1, 0.15) is 0 Å². The molecule has 0 saturated carbocycles. The summed E-state index contributed by atoms with van der Waals surface area (Å²) in [5.41, 5.74) is 5.54. The smallest absolute Gasteiger partial charge is 0.0502 e. The molecule has 2 heteroatoms. The molecule has 0 aromatic carbocycles. The molecular weight excluding hydrogens is 102 g/mol. The summed E-state index contributed by atoms with van der Waals surface area (Å²) in [5, 5.41) is 0. The Balaban J connectivity index is 3.17. The lowest BCUT2D eigenvalue weighted by Gasteiger charge is -2.12. The van der Waals surface area contributed by atoms with Gasteiger partial charge in [-0.25, -0.2) is 0 Å². The van der Waals surface area contributed by atoms with Crippen molar-refractivity contribution >= 4 is 0 Å². The fraction of sp³-hybridized carbons (Fsp3) is 1.00. The van der Waals surface area contributed by atoms with Crippen molar-refractivity contribution in [3.8, 4) is 0 Å². The molecule has 0 aromatic heterocycles. The molecule has 0 fully saturated rings. The maximum absolute atomic E-state index is 5.54. The van der Waals surface area contributed by atoms with Crippen molar-refractivity contribution in [2.45, 2.75) is 19.9 Å². The summed E-state index contributed by atoms with van der Waals surface area (Å²) >= 11 is 0. The van der Waals surface area contributed by atoms with Gasteiger partial charge < -0.3 is 10.5 Å². The van der Waals surface area contributed by atoms with Gasteiger partial charge in [-0.05, 0) is 12.8 Å². The molecule has 0 saturated heterocycles. The van der Waals surface area contributed by atoms with E-state index in [2.05, 4.69) is 6.92 Å². The number of hydrogen-bond donors (Lipinski definition) is 1. The van der Waals surface area contributed by atoms with E-state index in [4.69, 9.17) is 10.5 Å². The van der Waals surface area contributed by atoms with E-state index in [1.165, 1.54) is 0 Å². The summed E-state index contributed by atoms with van der Waals surface area (Å²) in [6, 6.07) is 0.245. The van der Waals surface area contributed by atoms with Gasteiger partial charge >= 0.3 is 0 Å². The minimum atomic E-state index is 0.245. The maximum atomic E-state index is 5.54. The van der Waals surface area contributed by atoms with Gasteiger partial charge in [0.2, 0.25) is 0 Å². The van der Waals surface area contributed by atoms with Crippen LogP contribution in [0.4, 0.5) is 0 Å². The molecule has 0 aliphatic rings. The Morgan fingerprint density at radius 3 is 2.12 bits per heavy atom. The first-order valence-electron chi connectivity index (χ1n) is 2.93. The molecule has 0 spiro atoms. The van der Waals surface area contributed by atoms with Gasteiger partial charge in [0.25, 0.3) is 0 Å². The van der Waals surface area contributed by atoms with Gasteiger partial charge in [0.15, 0.2) is 0 Å². The van der Waals surface area contributed by atoms with Gasteiger partial charge in [-0.1, -0.05) is 6.92 Å². The Morgan fingerprint density at radius 2 is 2.00 bits per heavy atom. The fourth-order valence-corrected chi connectivity index (χ4v) is 0.415. The first-order valence-corrected chi connectivity index (χ1v) is 2.93. The first kappa shape index (κ1) is 7.92. The van der Waals surface area contributed by atoms with E-state index >= 15 is 0 Å². The zero-order chi connectivity index (χ0) is 6.57. The van der Waals surface area contributed by atoms with Crippen LogP contribution in [0.1, 0.15) is 13.8 Å². The summed E-state index contributed by atoms with van der Waals surface area (Å²) in [4.78, 5) is 0. The van der Waals surface area contributed by atoms with Crippen LogP contribution in [-0.4, -0.2) is 19.8 Å². The van der Waals surface area contributed by atoms with Gasteiger partial charge in [-0.15, -0.1) is 0 Å². The second-order valence-electron chi connectivity index (χ2n) is 2.29. The van der Waals surface area contributed by atoms with Gasteiger partial charge in [-0.2, -0.15) is 0 Å². The zero-order valence-electron chi connectivity index (χ0n) is 5.85. The topological polar surface area (TPSA) is 35.2 Å². The third-order valence-electron chi connectivity index (χ3n) is 1.33. The van der Waals surface area contributed by atoms with E-state index in [1.54, 1.807) is 7.11 Å². The van der Waals surface area contributed by atoms with Crippen molar-refractivity contribution in [1.29, 1.82) is 0 Å². The molecule has 0 heterocycles. The molecule has 2 N–H and O–H groups in total. The Labute approximate surface area is 51.0 Å². The minimum absolute atomic E-state index is 0.245. The highest BCUT2D eigenvalue weighted by Gasteiger charge is 2.04. The summed E-state index contributed by atoms with van der Waals surface area (Å²) in [7, 11) is 1.69. The van der Waals surface area contributed by atoms with Gasteiger partial charge in [0.05, 0.1) is 6.61 Å². The molecule has 0 bridgehead atoms. The Morgan fingerprint density at radius 1 is 1.50 bits per heavy atom. The predicted molar refractivity (Wildman–Crippen MR) is 34.7 cm³/mol. The highest BCUT2D eigenvalue weighted by molar-refractivity contribution is 4.61. The zero-order valence-corrected chi connectivity index (χ0v) is 5.85. The Hall–Kier alpha value is -0.0800. The molecule has 8 heavy (non-hydrogen) atoms. The van der Waals surface area contributed by atoms with Crippen LogP contribution in [0.3, 0.4) is 0 Å². The van der Waals surface area contributed by atoms with Crippen LogP contribution >= 0.6 is 0 Å². The molecule has 0 unspecified atom stereocenters. The van der Waals surface area contributed by atoms with E-state index in [0.29, 0.717) is 5.92 Å². The molecule has 0 amide bonds. The van der Waals surface area contributed by atoms with Crippen molar-refractivity contribution < 1.29 is 4.74 Å². The van der Waals surface area contributed by atoms with Crippen LogP contribution in [0.15, 0.2) is 0 Å². The largest absolute Gasteiger partial charge is 0.384 e. The van der Waals surface area contributed by atoms with Crippen molar-refractivity contribution in [2.24, 2.45) is 11.7 Å². The standard InChI is InChI=1S/C6H15NO/c1-5(4-8-3)6(2)7/h5-6H,4,7H2,1-3H3/t5-,6+/m0/s1. The van der Waals surface area contributed by atoms with Crippen LogP contribution in [0.2, 0.25) is 0 Å². The molecule has 0 aliphatic heterocycles. The molecular formula is C6H15NO. The normalized spacial score (nSPS) is 18.0. The lowest BCUT2D eigenvalue weighted by atomic mass is 10.1. The van der Waals surface area contributed by atoms with Gasteiger partial charge in [0, 0.05) is 13.2 Å². The van der Waals surface area contributed by atoms with E-state index in [0.717, 1.165) is 6.61 Å². The highest BCUT2D eigenvalue weighted by atomic mass is 16.5.